The molecule has 0 bridgehead atoms. The SMILES string of the molecule is Cc1nn(CC(=O)NCc2cccnc2)c(C)c1N. The largest absolute Gasteiger partial charge is 0.396 e. The van der Waals surface area contributed by atoms with Crippen molar-refractivity contribution in [2.45, 2.75) is 26.9 Å². The summed E-state index contributed by atoms with van der Waals surface area (Å²) >= 11 is 0. The molecule has 19 heavy (non-hydrogen) atoms. The first-order valence-corrected chi connectivity index (χ1v) is 6.03. The van der Waals surface area contributed by atoms with E-state index in [-0.39, 0.29) is 12.5 Å². The Bertz CT molecular complexity index is 576. The van der Waals surface area contributed by atoms with Crippen LogP contribution in [0.2, 0.25) is 0 Å². The van der Waals surface area contributed by atoms with Gasteiger partial charge in [-0.15, -0.1) is 0 Å². The second-order valence-electron chi connectivity index (χ2n) is 4.38. The number of aryl methyl sites for hydroxylation is 1. The number of carbonyl (C=O) groups is 1. The van der Waals surface area contributed by atoms with Crippen LogP contribution in [0.4, 0.5) is 5.69 Å². The van der Waals surface area contributed by atoms with E-state index in [1.54, 1.807) is 17.1 Å². The van der Waals surface area contributed by atoms with Crippen LogP contribution in [-0.2, 0) is 17.9 Å². The Balaban J connectivity index is 1.93. The van der Waals surface area contributed by atoms with Crippen LogP contribution in [0.25, 0.3) is 0 Å². The zero-order chi connectivity index (χ0) is 13.8. The maximum absolute atomic E-state index is 11.8. The van der Waals surface area contributed by atoms with Gasteiger partial charge in [-0.1, -0.05) is 6.07 Å². The van der Waals surface area contributed by atoms with Crippen molar-refractivity contribution < 1.29 is 4.79 Å². The van der Waals surface area contributed by atoms with Crippen LogP contribution in [0.15, 0.2) is 24.5 Å². The molecule has 0 aliphatic heterocycles. The fraction of sp³-hybridized carbons (Fsp3) is 0.308. The number of carbonyl (C=O) groups excluding carboxylic acids is 1. The molecule has 2 heterocycles. The molecular formula is C13H17N5O. The van der Waals surface area contributed by atoms with Crippen LogP contribution in [0, 0.1) is 13.8 Å². The van der Waals surface area contributed by atoms with Crippen LogP contribution in [0.5, 0.6) is 0 Å². The smallest absolute Gasteiger partial charge is 0.242 e. The maximum Gasteiger partial charge on any atom is 0.242 e. The van der Waals surface area contributed by atoms with Crippen molar-refractivity contribution in [2.75, 3.05) is 5.73 Å². The molecule has 2 rings (SSSR count). The number of nitrogen functional groups attached to an aromatic ring is 1. The van der Waals surface area contributed by atoms with E-state index in [9.17, 15) is 4.79 Å². The fourth-order valence-electron chi connectivity index (χ4n) is 1.76. The van der Waals surface area contributed by atoms with Gasteiger partial charge in [0.1, 0.15) is 6.54 Å². The number of hydrogen-bond donors (Lipinski definition) is 2. The van der Waals surface area contributed by atoms with E-state index in [0.29, 0.717) is 12.2 Å². The average molecular weight is 259 g/mol. The summed E-state index contributed by atoms with van der Waals surface area (Å²) < 4.78 is 1.61. The minimum atomic E-state index is -0.102. The summed E-state index contributed by atoms with van der Waals surface area (Å²) in [4.78, 5) is 15.8. The van der Waals surface area contributed by atoms with Gasteiger partial charge in [-0.05, 0) is 25.5 Å². The fourth-order valence-corrected chi connectivity index (χ4v) is 1.76. The lowest BCUT2D eigenvalue weighted by atomic mass is 10.3. The molecule has 0 radical (unpaired) electrons. The van der Waals surface area contributed by atoms with Crippen LogP contribution in [0.3, 0.4) is 0 Å². The Morgan fingerprint density at radius 1 is 1.47 bits per heavy atom. The lowest BCUT2D eigenvalue weighted by molar-refractivity contribution is -0.122. The van der Waals surface area contributed by atoms with Crippen molar-refractivity contribution in [1.29, 1.82) is 0 Å². The first-order valence-electron chi connectivity index (χ1n) is 6.03. The molecular weight excluding hydrogens is 242 g/mol. The Kier molecular flexibility index (Phi) is 3.79. The van der Waals surface area contributed by atoms with Crippen molar-refractivity contribution >= 4 is 11.6 Å². The number of nitrogens with two attached hydrogens (primary N) is 1. The van der Waals surface area contributed by atoms with Crippen molar-refractivity contribution in [3.63, 3.8) is 0 Å². The number of nitrogens with one attached hydrogen (secondary N) is 1. The molecule has 0 spiro atoms. The van der Waals surface area contributed by atoms with E-state index >= 15 is 0 Å². The van der Waals surface area contributed by atoms with Crippen LogP contribution < -0.4 is 11.1 Å². The normalized spacial score (nSPS) is 10.4. The zero-order valence-corrected chi connectivity index (χ0v) is 11.1. The number of hydrogen-bond acceptors (Lipinski definition) is 4. The lowest BCUT2D eigenvalue weighted by Crippen LogP contribution is -2.28. The van der Waals surface area contributed by atoms with Crippen molar-refractivity contribution in [3.8, 4) is 0 Å². The molecule has 1 amide bonds. The molecule has 100 valence electrons. The van der Waals surface area contributed by atoms with Crippen molar-refractivity contribution in [1.82, 2.24) is 20.1 Å². The van der Waals surface area contributed by atoms with Gasteiger partial charge in [-0.25, -0.2) is 0 Å². The summed E-state index contributed by atoms with van der Waals surface area (Å²) in [7, 11) is 0. The molecule has 0 atom stereocenters. The zero-order valence-electron chi connectivity index (χ0n) is 11.1. The number of pyridine rings is 1. The minimum absolute atomic E-state index is 0.102. The summed E-state index contributed by atoms with van der Waals surface area (Å²) in [6.07, 6.45) is 3.42. The highest BCUT2D eigenvalue weighted by Crippen LogP contribution is 2.14. The van der Waals surface area contributed by atoms with E-state index < -0.39 is 0 Å². The summed E-state index contributed by atoms with van der Waals surface area (Å²) in [6, 6.07) is 3.75. The van der Waals surface area contributed by atoms with Gasteiger partial charge in [0.25, 0.3) is 0 Å². The quantitative estimate of drug-likeness (QED) is 0.850. The Labute approximate surface area is 111 Å². The standard InChI is InChI=1S/C13H17N5O/c1-9-13(14)10(2)18(17-9)8-12(19)16-7-11-4-3-5-15-6-11/h3-6H,7-8,14H2,1-2H3,(H,16,19). The molecule has 0 aliphatic rings. The topological polar surface area (TPSA) is 85.8 Å². The third-order valence-electron chi connectivity index (χ3n) is 2.94. The number of anilines is 1. The molecule has 0 fully saturated rings. The first kappa shape index (κ1) is 13.1. The third kappa shape index (κ3) is 3.09. The number of rotatable bonds is 4. The Morgan fingerprint density at radius 2 is 2.26 bits per heavy atom. The molecule has 0 aromatic carbocycles. The van der Waals surface area contributed by atoms with Gasteiger partial charge < -0.3 is 11.1 Å². The van der Waals surface area contributed by atoms with Gasteiger partial charge in [0, 0.05) is 18.9 Å². The average Bonchev–Trinajstić information content (AvgIpc) is 2.65. The molecule has 2 aromatic heterocycles. The highest BCUT2D eigenvalue weighted by Gasteiger charge is 2.11. The third-order valence-corrected chi connectivity index (χ3v) is 2.94. The molecule has 0 saturated carbocycles. The second-order valence-corrected chi connectivity index (χ2v) is 4.38. The van der Waals surface area contributed by atoms with Crippen LogP contribution in [-0.4, -0.2) is 20.7 Å². The molecule has 0 aliphatic carbocycles. The summed E-state index contributed by atoms with van der Waals surface area (Å²) in [6.45, 7) is 4.31. The monoisotopic (exact) mass is 259 g/mol. The van der Waals surface area contributed by atoms with Gasteiger partial charge in [0.15, 0.2) is 0 Å². The minimum Gasteiger partial charge on any atom is -0.396 e. The molecule has 6 nitrogen and oxygen atoms in total. The molecule has 0 saturated heterocycles. The molecule has 2 aromatic rings. The lowest BCUT2D eigenvalue weighted by Gasteiger charge is -2.06. The molecule has 0 unspecified atom stereocenters. The van der Waals surface area contributed by atoms with Gasteiger partial charge in [0.05, 0.1) is 17.1 Å². The van der Waals surface area contributed by atoms with Gasteiger partial charge in [0.2, 0.25) is 5.91 Å². The number of amides is 1. The summed E-state index contributed by atoms with van der Waals surface area (Å²) in [5, 5.41) is 7.05. The van der Waals surface area contributed by atoms with E-state index in [2.05, 4.69) is 15.4 Å². The first-order chi connectivity index (χ1) is 9.08. The van der Waals surface area contributed by atoms with Crippen LogP contribution >= 0.6 is 0 Å². The number of aromatic nitrogens is 3. The second kappa shape index (κ2) is 5.51. The number of nitrogens with zero attached hydrogens (tertiary/aromatic N) is 3. The summed E-state index contributed by atoms with van der Waals surface area (Å²) in [5.41, 5.74) is 8.98. The van der Waals surface area contributed by atoms with E-state index in [0.717, 1.165) is 17.0 Å². The predicted octanol–water partition coefficient (Wildman–Crippen LogP) is 0.794. The van der Waals surface area contributed by atoms with Gasteiger partial charge in [-0.2, -0.15) is 5.10 Å². The van der Waals surface area contributed by atoms with Crippen molar-refractivity contribution in [2.24, 2.45) is 0 Å². The molecule has 3 N–H and O–H groups in total. The van der Waals surface area contributed by atoms with Gasteiger partial charge in [-0.3, -0.25) is 14.5 Å². The highest BCUT2D eigenvalue weighted by atomic mass is 16.2. The molecule has 6 heteroatoms. The van der Waals surface area contributed by atoms with Crippen molar-refractivity contribution in [3.05, 3.63) is 41.5 Å². The van der Waals surface area contributed by atoms with E-state index in [1.165, 1.54) is 0 Å². The van der Waals surface area contributed by atoms with E-state index in [4.69, 9.17) is 5.73 Å². The summed E-state index contributed by atoms with van der Waals surface area (Å²) in [5.74, 6) is -0.102. The Morgan fingerprint density at radius 3 is 2.84 bits per heavy atom. The van der Waals surface area contributed by atoms with Gasteiger partial charge >= 0.3 is 0 Å². The highest BCUT2D eigenvalue weighted by molar-refractivity contribution is 5.75. The maximum atomic E-state index is 11.8. The van der Waals surface area contributed by atoms with Crippen LogP contribution in [0.1, 0.15) is 17.0 Å². The van der Waals surface area contributed by atoms with E-state index in [1.807, 2.05) is 26.0 Å². The Hall–Kier alpha value is -2.37. The predicted molar refractivity (Wildman–Crippen MR) is 72.2 cm³/mol.